The van der Waals surface area contributed by atoms with Crippen molar-refractivity contribution >= 4 is 9.68 Å². The molecule has 2 radical (unpaired) electrons. The van der Waals surface area contributed by atoms with Crippen molar-refractivity contribution in [2.75, 3.05) is 0 Å². The van der Waals surface area contributed by atoms with Crippen molar-refractivity contribution in [1.29, 1.82) is 0 Å². The molecule has 1 N–H and O–H groups in total. The molecule has 11 heavy (non-hydrogen) atoms. The number of nitrogens with one attached hydrogen (secondary N) is 1. The van der Waals surface area contributed by atoms with Crippen LogP contribution in [0.1, 0.15) is 5.56 Å². The second-order valence-corrected chi connectivity index (χ2v) is 3.24. The molecular formula is C9H11NSi. The first-order valence-corrected chi connectivity index (χ1v) is 4.64. The molecule has 56 valence electrons. The fourth-order valence-corrected chi connectivity index (χ4v) is 1.27. The van der Waals surface area contributed by atoms with Crippen LogP contribution in [-0.4, -0.2) is 9.68 Å². The maximum atomic E-state index is 3.64. The van der Waals surface area contributed by atoms with Crippen LogP contribution in [0.3, 0.4) is 0 Å². The average Bonchev–Trinajstić information content (AvgIpc) is 2.07. The molecule has 0 saturated carbocycles. The van der Waals surface area contributed by atoms with Gasteiger partial charge in [-0.3, -0.25) is 0 Å². The molecule has 0 saturated heterocycles. The van der Waals surface area contributed by atoms with E-state index in [0.29, 0.717) is 9.68 Å². The van der Waals surface area contributed by atoms with Crippen LogP contribution in [0.4, 0.5) is 0 Å². The molecule has 0 aliphatic heterocycles. The topological polar surface area (TPSA) is 12.0 Å². The molecule has 0 atom stereocenters. The van der Waals surface area contributed by atoms with E-state index in [9.17, 15) is 0 Å². The summed E-state index contributed by atoms with van der Waals surface area (Å²) < 4.78 is 0. The maximum Gasteiger partial charge on any atom is 0.171 e. The normalized spacial score (nSPS) is 9.45. The standard InChI is InChI=1S/C9H11NSi/c1-2-11-10-8-9-6-4-3-5-7-9/h2-7,10H,1,8H2. The Kier molecular flexibility index (Phi) is 3.65. The van der Waals surface area contributed by atoms with E-state index in [-0.39, 0.29) is 0 Å². The fraction of sp³-hybridized carbons (Fsp3) is 0.111. The molecule has 0 unspecified atom stereocenters. The van der Waals surface area contributed by atoms with E-state index in [1.807, 2.05) is 23.9 Å². The summed E-state index contributed by atoms with van der Waals surface area (Å²) in [6, 6.07) is 10.3. The Bertz CT molecular complexity index is 208. The molecule has 0 bridgehead atoms. The van der Waals surface area contributed by atoms with Gasteiger partial charge in [0.15, 0.2) is 9.68 Å². The molecule has 2 heteroatoms. The summed E-state index contributed by atoms with van der Waals surface area (Å²) in [5.74, 6) is 0. The zero-order valence-electron chi connectivity index (χ0n) is 6.38. The van der Waals surface area contributed by atoms with Crippen LogP contribution in [0.2, 0.25) is 0 Å². The van der Waals surface area contributed by atoms with Crippen molar-refractivity contribution in [2.45, 2.75) is 6.54 Å². The molecule has 1 rings (SSSR count). The quantitative estimate of drug-likeness (QED) is 0.522. The van der Waals surface area contributed by atoms with Gasteiger partial charge in [-0.25, -0.2) is 0 Å². The Morgan fingerprint density at radius 2 is 2.09 bits per heavy atom. The molecule has 0 fully saturated rings. The summed E-state index contributed by atoms with van der Waals surface area (Å²) in [6.45, 7) is 4.58. The van der Waals surface area contributed by atoms with Gasteiger partial charge < -0.3 is 4.98 Å². The number of benzene rings is 1. The Morgan fingerprint density at radius 1 is 1.36 bits per heavy atom. The van der Waals surface area contributed by atoms with Crippen LogP contribution in [0, 0.1) is 0 Å². The first-order chi connectivity index (χ1) is 5.43. The lowest BCUT2D eigenvalue weighted by molar-refractivity contribution is 0.954. The molecule has 0 spiro atoms. The Labute approximate surface area is 70.0 Å². The van der Waals surface area contributed by atoms with Crippen molar-refractivity contribution < 1.29 is 0 Å². The van der Waals surface area contributed by atoms with Gasteiger partial charge in [-0.2, -0.15) is 0 Å². The number of hydrogen-bond acceptors (Lipinski definition) is 1. The first kappa shape index (κ1) is 8.24. The SMILES string of the molecule is C=C[Si]NCc1ccccc1. The van der Waals surface area contributed by atoms with Crippen molar-refractivity contribution in [2.24, 2.45) is 0 Å². The molecule has 1 aromatic rings. The van der Waals surface area contributed by atoms with E-state index in [0.717, 1.165) is 6.54 Å². The van der Waals surface area contributed by atoms with Gasteiger partial charge in [0.05, 0.1) is 0 Å². The molecule has 0 heterocycles. The Hall–Kier alpha value is -0.863. The van der Waals surface area contributed by atoms with Crippen LogP contribution in [-0.2, 0) is 6.54 Å². The average molecular weight is 161 g/mol. The highest BCUT2D eigenvalue weighted by Gasteiger charge is 1.87. The lowest BCUT2D eigenvalue weighted by Crippen LogP contribution is -2.16. The second kappa shape index (κ2) is 4.88. The Morgan fingerprint density at radius 3 is 2.73 bits per heavy atom. The van der Waals surface area contributed by atoms with Gasteiger partial charge in [-0.1, -0.05) is 36.0 Å². The van der Waals surface area contributed by atoms with Gasteiger partial charge in [0.2, 0.25) is 0 Å². The monoisotopic (exact) mass is 161 g/mol. The van der Waals surface area contributed by atoms with E-state index >= 15 is 0 Å². The lowest BCUT2D eigenvalue weighted by Gasteiger charge is -1.99. The van der Waals surface area contributed by atoms with E-state index in [1.165, 1.54) is 5.56 Å². The third kappa shape index (κ3) is 3.16. The predicted octanol–water partition coefficient (Wildman–Crippen LogP) is 1.54. The highest BCUT2D eigenvalue weighted by atomic mass is 28.2. The van der Waals surface area contributed by atoms with E-state index in [1.54, 1.807) is 0 Å². The maximum absolute atomic E-state index is 3.64. The predicted molar refractivity (Wildman–Crippen MR) is 49.2 cm³/mol. The molecular weight excluding hydrogens is 150 g/mol. The smallest absolute Gasteiger partial charge is 0.171 e. The van der Waals surface area contributed by atoms with E-state index in [4.69, 9.17) is 0 Å². The van der Waals surface area contributed by atoms with Crippen molar-refractivity contribution in [3.8, 4) is 0 Å². The molecule has 0 amide bonds. The van der Waals surface area contributed by atoms with Gasteiger partial charge >= 0.3 is 0 Å². The van der Waals surface area contributed by atoms with Crippen LogP contribution in [0.15, 0.2) is 42.6 Å². The number of rotatable bonds is 4. The summed E-state index contributed by atoms with van der Waals surface area (Å²) in [5, 5.41) is 0. The van der Waals surface area contributed by atoms with Gasteiger partial charge in [-0.15, -0.1) is 6.58 Å². The zero-order chi connectivity index (χ0) is 7.94. The summed E-state index contributed by atoms with van der Waals surface area (Å²) in [5.41, 5.74) is 3.21. The van der Waals surface area contributed by atoms with Crippen molar-refractivity contribution in [3.63, 3.8) is 0 Å². The van der Waals surface area contributed by atoms with Crippen molar-refractivity contribution in [3.05, 3.63) is 48.2 Å². The third-order valence-corrected chi connectivity index (χ3v) is 1.92. The first-order valence-electron chi connectivity index (χ1n) is 3.56. The van der Waals surface area contributed by atoms with E-state index < -0.39 is 0 Å². The van der Waals surface area contributed by atoms with Crippen LogP contribution >= 0.6 is 0 Å². The largest absolute Gasteiger partial charge is 0.332 e. The molecule has 0 aliphatic rings. The van der Waals surface area contributed by atoms with Crippen LogP contribution in [0.25, 0.3) is 0 Å². The molecule has 0 aromatic heterocycles. The van der Waals surface area contributed by atoms with Gasteiger partial charge in [0.1, 0.15) is 0 Å². The van der Waals surface area contributed by atoms with Gasteiger partial charge in [0, 0.05) is 6.54 Å². The minimum Gasteiger partial charge on any atom is -0.332 e. The van der Waals surface area contributed by atoms with Gasteiger partial charge in [0.25, 0.3) is 0 Å². The van der Waals surface area contributed by atoms with Gasteiger partial charge in [-0.05, 0) is 5.56 Å². The highest BCUT2D eigenvalue weighted by molar-refractivity contribution is 6.38. The van der Waals surface area contributed by atoms with Crippen LogP contribution < -0.4 is 4.98 Å². The van der Waals surface area contributed by atoms with Crippen molar-refractivity contribution in [1.82, 2.24) is 4.98 Å². The summed E-state index contributed by atoms with van der Waals surface area (Å²) in [7, 11) is 0.654. The third-order valence-electron chi connectivity index (χ3n) is 1.34. The summed E-state index contributed by atoms with van der Waals surface area (Å²) in [4.78, 5) is 3.26. The van der Waals surface area contributed by atoms with Crippen LogP contribution in [0.5, 0.6) is 0 Å². The Balaban J connectivity index is 2.33. The highest BCUT2D eigenvalue weighted by Crippen LogP contribution is 1.95. The molecule has 1 aromatic carbocycles. The fourth-order valence-electron chi connectivity index (χ4n) is 0.821. The minimum atomic E-state index is 0.654. The lowest BCUT2D eigenvalue weighted by atomic mass is 10.2. The van der Waals surface area contributed by atoms with E-state index in [2.05, 4.69) is 23.7 Å². The number of hydrogen-bond donors (Lipinski definition) is 1. The second-order valence-electron chi connectivity index (χ2n) is 2.19. The molecule has 1 nitrogen and oxygen atoms in total. The molecule has 0 aliphatic carbocycles. The summed E-state index contributed by atoms with van der Waals surface area (Å²) >= 11 is 0. The zero-order valence-corrected chi connectivity index (χ0v) is 7.38. The summed E-state index contributed by atoms with van der Waals surface area (Å²) in [6.07, 6.45) is 0. The minimum absolute atomic E-state index is 0.654.